The van der Waals surface area contributed by atoms with Crippen molar-refractivity contribution in [3.05, 3.63) is 47.3 Å². The van der Waals surface area contributed by atoms with E-state index in [1.807, 2.05) is 5.43 Å². The first-order valence-corrected chi connectivity index (χ1v) is 6.19. The number of hydrazone groups is 1. The Balaban J connectivity index is 2.26. The summed E-state index contributed by atoms with van der Waals surface area (Å²) in [7, 11) is 2.88. The zero-order valence-electron chi connectivity index (χ0n) is 12.0. The summed E-state index contributed by atoms with van der Waals surface area (Å²) >= 11 is 0. The average Bonchev–Trinajstić information content (AvgIpc) is 2.56. The van der Waals surface area contributed by atoms with Gasteiger partial charge in [0.2, 0.25) is 11.6 Å². The first kappa shape index (κ1) is 16.5. The van der Waals surface area contributed by atoms with Gasteiger partial charge in [0.25, 0.3) is 11.9 Å². The molecule has 0 aliphatic heterocycles. The number of nitrogens with zero attached hydrogens (tertiary/aromatic N) is 2. The normalized spacial score (nSPS) is 10.9. The molecule has 0 aliphatic rings. The van der Waals surface area contributed by atoms with E-state index in [-0.39, 0.29) is 0 Å². The lowest BCUT2D eigenvalue weighted by atomic mass is 10.2. The lowest BCUT2D eigenvalue weighted by Gasteiger charge is -2.07. The molecule has 23 heavy (non-hydrogen) atoms. The third kappa shape index (κ3) is 3.50. The smallest absolute Gasteiger partial charge is 0.254 e. The molecule has 122 valence electrons. The maximum absolute atomic E-state index is 13.4. The van der Waals surface area contributed by atoms with Gasteiger partial charge in [-0.3, -0.25) is 5.43 Å². The summed E-state index contributed by atoms with van der Waals surface area (Å²) in [6.07, 6.45) is 1.16. The van der Waals surface area contributed by atoms with Crippen LogP contribution in [0.4, 0.5) is 23.2 Å². The van der Waals surface area contributed by atoms with E-state index < -0.39 is 29.2 Å². The van der Waals surface area contributed by atoms with Gasteiger partial charge in [0, 0.05) is 11.6 Å². The van der Waals surface area contributed by atoms with Crippen LogP contribution in [0.3, 0.4) is 0 Å². The second-order valence-corrected chi connectivity index (χ2v) is 4.17. The highest BCUT2D eigenvalue weighted by Crippen LogP contribution is 2.24. The molecule has 0 spiro atoms. The van der Waals surface area contributed by atoms with Crippen LogP contribution in [0.2, 0.25) is 0 Å². The van der Waals surface area contributed by atoms with Gasteiger partial charge in [0.05, 0.1) is 20.4 Å². The van der Waals surface area contributed by atoms with Gasteiger partial charge in [-0.1, -0.05) is 0 Å². The molecule has 0 amide bonds. The molecule has 5 nitrogen and oxygen atoms in total. The molecule has 2 rings (SSSR count). The fourth-order valence-electron chi connectivity index (χ4n) is 1.68. The van der Waals surface area contributed by atoms with Crippen LogP contribution in [-0.2, 0) is 0 Å². The van der Waals surface area contributed by atoms with E-state index >= 15 is 0 Å². The summed E-state index contributed by atoms with van der Waals surface area (Å²) in [5.41, 5.74) is 1.26. The van der Waals surface area contributed by atoms with Gasteiger partial charge in [-0.25, -0.2) is 0 Å². The summed E-state index contributed by atoms with van der Waals surface area (Å²) in [6, 6.07) is 4.74. The molecule has 0 bridgehead atoms. The van der Waals surface area contributed by atoms with E-state index in [0.29, 0.717) is 17.1 Å². The Bertz CT molecular complexity index is 727. The quantitative estimate of drug-likeness (QED) is 0.396. The van der Waals surface area contributed by atoms with Gasteiger partial charge in [-0.05, 0) is 12.1 Å². The Morgan fingerprint density at radius 1 is 1.04 bits per heavy atom. The fourth-order valence-corrected chi connectivity index (χ4v) is 1.68. The van der Waals surface area contributed by atoms with Gasteiger partial charge in [-0.15, -0.1) is 0 Å². The third-order valence-corrected chi connectivity index (χ3v) is 2.82. The van der Waals surface area contributed by atoms with Crippen LogP contribution in [0.25, 0.3) is 0 Å². The van der Waals surface area contributed by atoms with Crippen LogP contribution in [0, 0.1) is 23.5 Å². The summed E-state index contributed by atoms with van der Waals surface area (Å²) in [5, 5.41) is 3.54. The topological polar surface area (TPSA) is 55.7 Å². The molecule has 1 heterocycles. The van der Waals surface area contributed by atoms with E-state index in [9.17, 15) is 17.6 Å². The van der Waals surface area contributed by atoms with Crippen molar-refractivity contribution in [1.82, 2.24) is 4.98 Å². The molecule has 0 unspecified atom stereocenters. The summed E-state index contributed by atoms with van der Waals surface area (Å²) in [4.78, 5) is 2.44. The van der Waals surface area contributed by atoms with E-state index in [4.69, 9.17) is 9.47 Å². The van der Waals surface area contributed by atoms with E-state index in [0.717, 1.165) is 6.21 Å². The van der Waals surface area contributed by atoms with Crippen molar-refractivity contribution in [3.63, 3.8) is 0 Å². The Hall–Kier alpha value is -2.84. The molecule has 0 saturated heterocycles. The van der Waals surface area contributed by atoms with E-state index in [2.05, 4.69) is 10.1 Å². The number of anilines is 1. The highest BCUT2D eigenvalue weighted by molar-refractivity contribution is 5.84. The van der Waals surface area contributed by atoms with Crippen LogP contribution >= 0.6 is 0 Å². The molecule has 9 heteroatoms. The van der Waals surface area contributed by atoms with Crippen LogP contribution in [0.1, 0.15) is 5.56 Å². The number of ether oxygens (including phenoxy) is 2. The number of aromatic nitrogens is 1. The van der Waals surface area contributed by atoms with Crippen molar-refractivity contribution in [1.29, 1.82) is 0 Å². The molecule has 1 N–H and O–H groups in total. The summed E-state index contributed by atoms with van der Waals surface area (Å²) in [5.74, 6) is -6.00. The minimum absolute atomic E-state index is 0.378. The number of hydrogen-bond acceptors (Lipinski definition) is 5. The Kier molecular flexibility index (Phi) is 4.99. The maximum Gasteiger partial charge on any atom is 0.254 e. The first-order chi connectivity index (χ1) is 11.0. The number of hydrogen-bond donors (Lipinski definition) is 1. The highest BCUT2D eigenvalue weighted by Gasteiger charge is 2.20. The molecule has 0 aliphatic carbocycles. The Morgan fingerprint density at radius 3 is 2.26 bits per heavy atom. The fraction of sp³-hybridized carbons (Fsp3) is 0.143. The second kappa shape index (κ2) is 6.95. The van der Waals surface area contributed by atoms with Crippen molar-refractivity contribution < 1.29 is 27.0 Å². The lowest BCUT2D eigenvalue weighted by molar-refractivity contribution is 0.394. The minimum atomic E-state index is -1.77. The van der Waals surface area contributed by atoms with E-state index in [1.54, 1.807) is 18.2 Å². The molecule has 0 atom stereocenters. The lowest BCUT2D eigenvalue weighted by Crippen LogP contribution is -2.06. The minimum Gasteiger partial charge on any atom is -0.497 e. The number of nitrogens with one attached hydrogen (secondary N) is 1. The summed E-state index contributed by atoms with van der Waals surface area (Å²) in [6.45, 7) is 0. The van der Waals surface area contributed by atoms with Gasteiger partial charge >= 0.3 is 0 Å². The van der Waals surface area contributed by atoms with Crippen LogP contribution in [0.5, 0.6) is 11.5 Å². The predicted octanol–water partition coefficient (Wildman–Crippen LogP) is 3.10. The van der Waals surface area contributed by atoms with Crippen molar-refractivity contribution in [2.75, 3.05) is 19.6 Å². The zero-order chi connectivity index (χ0) is 17.0. The van der Waals surface area contributed by atoms with Crippen molar-refractivity contribution >= 4 is 11.9 Å². The summed E-state index contributed by atoms with van der Waals surface area (Å²) < 4.78 is 62.8. The number of halogens is 4. The molecule has 2 aromatic rings. The monoisotopic (exact) mass is 329 g/mol. The third-order valence-electron chi connectivity index (χ3n) is 2.82. The van der Waals surface area contributed by atoms with Gasteiger partial charge in [0.15, 0.2) is 0 Å². The Morgan fingerprint density at radius 2 is 1.70 bits per heavy atom. The first-order valence-electron chi connectivity index (χ1n) is 6.19. The van der Waals surface area contributed by atoms with Crippen LogP contribution < -0.4 is 14.9 Å². The molecule has 0 fully saturated rings. The number of methoxy groups -OCH3 is 2. The van der Waals surface area contributed by atoms with Gasteiger partial charge < -0.3 is 9.47 Å². The van der Waals surface area contributed by atoms with E-state index in [1.165, 1.54) is 14.2 Å². The average molecular weight is 329 g/mol. The van der Waals surface area contributed by atoms with Gasteiger partial charge in [-0.2, -0.15) is 27.6 Å². The zero-order valence-corrected chi connectivity index (χ0v) is 12.0. The van der Waals surface area contributed by atoms with Crippen LogP contribution in [0.15, 0.2) is 23.3 Å². The molecule has 1 aromatic carbocycles. The van der Waals surface area contributed by atoms with Crippen molar-refractivity contribution in [2.24, 2.45) is 5.10 Å². The van der Waals surface area contributed by atoms with Gasteiger partial charge in [0.1, 0.15) is 17.2 Å². The molecular weight excluding hydrogens is 318 g/mol. The molecule has 0 radical (unpaired) electrons. The van der Waals surface area contributed by atoms with Crippen molar-refractivity contribution in [3.8, 4) is 11.5 Å². The highest BCUT2D eigenvalue weighted by atomic mass is 19.2. The number of rotatable bonds is 5. The number of pyridine rings is 1. The molecule has 1 aromatic heterocycles. The van der Waals surface area contributed by atoms with Crippen LogP contribution in [-0.4, -0.2) is 25.4 Å². The standard InChI is InChI=1S/C14H11F4N3O2/c1-22-8-4-3-7(9(5-8)23-2)6-19-21-12-10(15)13(17)20-14(18)11(12)16/h3-6H,1-2H3,(H,20,21)/b19-6-. The molecular formula is C14H11F4N3O2. The Labute approximate surface area is 128 Å². The van der Waals surface area contributed by atoms with Crippen molar-refractivity contribution in [2.45, 2.75) is 0 Å². The number of benzene rings is 1. The predicted molar refractivity (Wildman–Crippen MR) is 74.8 cm³/mol. The maximum atomic E-state index is 13.4. The molecule has 0 saturated carbocycles. The second-order valence-electron chi connectivity index (χ2n) is 4.17. The SMILES string of the molecule is COc1ccc(/C=N\Nc2c(F)c(F)nc(F)c2F)c(OC)c1. The largest absolute Gasteiger partial charge is 0.497 e.